The molecule has 0 amide bonds. The summed E-state index contributed by atoms with van der Waals surface area (Å²) in [6, 6.07) is 17.3. The number of benzene rings is 2. The minimum Gasteiger partial charge on any atom is -0.496 e. The molecule has 0 radical (unpaired) electrons. The number of hydrogen-bond donors (Lipinski definition) is 1. The van der Waals surface area contributed by atoms with Crippen LogP contribution >= 0.6 is 11.3 Å². The number of ether oxygens (including phenoxy) is 1. The number of hydrogen-bond acceptors (Lipinski definition) is 5. The molecule has 1 aliphatic heterocycles. The van der Waals surface area contributed by atoms with Gasteiger partial charge < -0.3 is 9.64 Å². The monoisotopic (exact) mass is 428 g/mol. The number of rotatable bonds is 7. The number of para-hydroxylation sites is 1. The summed E-state index contributed by atoms with van der Waals surface area (Å²) in [5.41, 5.74) is 3.28. The van der Waals surface area contributed by atoms with Gasteiger partial charge >= 0.3 is 0 Å². The summed E-state index contributed by atoms with van der Waals surface area (Å²) in [6.07, 6.45) is 0.975. The quantitative estimate of drug-likeness (QED) is 0.614. The molecule has 1 N–H and O–H groups in total. The lowest BCUT2D eigenvalue weighted by Crippen LogP contribution is -2.37. The molecule has 4 rings (SSSR count). The first kappa shape index (κ1) is 19.9. The fraction of sp³-hybridized carbons (Fsp3) is 0.273. The van der Waals surface area contributed by atoms with Gasteiger partial charge in [0.15, 0.2) is 0 Å². The molecule has 5 nitrogen and oxygen atoms in total. The molecule has 0 aliphatic carbocycles. The fourth-order valence-electron chi connectivity index (χ4n) is 3.82. The molecule has 0 bridgehead atoms. The Morgan fingerprint density at radius 1 is 1.17 bits per heavy atom. The zero-order valence-electron chi connectivity index (χ0n) is 16.5. The predicted octanol–water partition coefficient (Wildman–Crippen LogP) is 4.15. The van der Waals surface area contributed by atoms with Gasteiger partial charge in [-0.1, -0.05) is 24.3 Å². The average Bonchev–Trinajstić information content (AvgIpc) is 3.39. The van der Waals surface area contributed by atoms with Crippen LogP contribution in [0.5, 0.6) is 5.75 Å². The first-order valence-electron chi connectivity index (χ1n) is 9.52. The molecular formula is C22H24N2O3S2. The second-order valence-corrected chi connectivity index (χ2v) is 9.83. The summed E-state index contributed by atoms with van der Waals surface area (Å²) in [4.78, 5) is 3.71. The Labute approximate surface area is 176 Å². The van der Waals surface area contributed by atoms with E-state index in [-0.39, 0.29) is 10.9 Å². The SMILES string of the molecule is COc1ccc(S(=O)(=O)NC[C@@H](c2cccs2)N2CCc3ccccc32)cc1C. The van der Waals surface area contributed by atoms with E-state index in [1.165, 1.54) is 11.3 Å². The molecular weight excluding hydrogens is 404 g/mol. The molecule has 2 heterocycles. The predicted molar refractivity (Wildman–Crippen MR) is 117 cm³/mol. The van der Waals surface area contributed by atoms with Gasteiger partial charge in [0.1, 0.15) is 5.75 Å². The molecule has 0 fully saturated rings. The summed E-state index contributed by atoms with van der Waals surface area (Å²) >= 11 is 1.65. The molecule has 0 unspecified atom stereocenters. The highest BCUT2D eigenvalue weighted by atomic mass is 32.2. The van der Waals surface area contributed by atoms with Crippen LogP contribution in [0.3, 0.4) is 0 Å². The smallest absolute Gasteiger partial charge is 0.240 e. The van der Waals surface area contributed by atoms with Gasteiger partial charge in [-0.2, -0.15) is 0 Å². The molecule has 7 heteroatoms. The second kappa shape index (κ2) is 8.18. The van der Waals surface area contributed by atoms with Gasteiger partial charge in [-0.15, -0.1) is 11.3 Å². The number of sulfonamides is 1. The number of nitrogens with zero attached hydrogens (tertiary/aromatic N) is 1. The van der Waals surface area contributed by atoms with Crippen molar-refractivity contribution >= 4 is 27.0 Å². The maximum Gasteiger partial charge on any atom is 0.240 e. The van der Waals surface area contributed by atoms with Crippen LogP contribution in [0.25, 0.3) is 0 Å². The second-order valence-electron chi connectivity index (χ2n) is 7.09. The first-order chi connectivity index (χ1) is 14.0. The first-order valence-corrected chi connectivity index (χ1v) is 11.9. The highest BCUT2D eigenvalue weighted by molar-refractivity contribution is 7.89. The average molecular weight is 429 g/mol. The standard InChI is InChI=1S/C22H24N2O3S2/c1-16-14-18(9-10-21(16)27-2)29(25,26)23-15-20(22-8-5-13-28-22)24-12-11-17-6-3-4-7-19(17)24/h3-10,13-14,20,23H,11-12,15H2,1-2H3/t20-/m0/s1. The minimum atomic E-state index is -3.63. The van der Waals surface area contributed by atoms with Crippen molar-refractivity contribution in [2.75, 3.05) is 25.1 Å². The largest absolute Gasteiger partial charge is 0.496 e. The molecule has 0 spiro atoms. The minimum absolute atomic E-state index is 0.0484. The molecule has 0 saturated heterocycles. The Morgan fingerprint density at radius 3 is 2.72 bits per heavy atom. The number of methoxy groups -OCH3 is 1. The Balaban J connectivity index is 1.59. The van der Waals surface area contributed by atoms with Crippen LogP contribution in [0.1, 0.15) is 22.0 Å². The van der Waals surface area contributed by atoms with Gasteiger partial charge in [0.2, 0.25) is 10.0 Å². The molecule has 3 aromatic rings. The van der Waals surface area contributed by atoms with Crippen molar-refractivity contribution in [1.82, 2.24) is 4.72 Å². The van der Waals surface area contributed by atoms with E-state index in [0.29, 0.717) is 12.3 Å². The molecule has 29 heavy (non-hydrogen) atoms. The summed E-state index contributed by atoms with van der Waals surface area (Å²) in [7, 11) is -2.05. The normalized spacial score (nSPS) is 14.6. The van der Waals surface area contributed by atoms with E-state index in [1.807, 2.05) is 24.4 Å². The highest BCUT2D eigenvalue weighted by Crippen LogP contribution is 2.36. The van der Waals surface area contributed by atoms with Crippen LogP contribution < -0.4 is 14.4 Å². The molecule has 1 aliphatic rings. The number of fused-ring (bicyclic) bond motifs is 1. The van der Waals surface area contributed by atoms with Gasteiger partial charge in [0, 0.05) is 23.7 Å². The van der Waals surface area contributed by atoms with Crippen LogP contribution in [0, 0.1) is 6.92 Å². The summed E-state index contributed by atoms with van der Waals surface area (Å²) in [6.45, 7) is 3.03. The van der Waals surface area contributed by atoms with Gasteiger partial charge in [-0.05, 0) is 60.2 Å². The van der Waals surface area contributed by atoms with E-state index < -0.39 is 10.0 Å². The third-order valence-corrected chi connectivity index (χ3v) is 7.71. The van der Waals surface area contributed by atoms with E-state index in [0.717, 1.165) is 23.4 Å². The molecule has 0 saturated carbocycles. The summed E-state index contributed by atoms with van der Waals surface area (Å²) < 4.78 is 34.0. The lowest BCUT2D eigenvalue weighted by atomic mass is 10.1. The van der Waals surface area contributed by atoms with Crippen molar-refractivity contribution < 1.29 is 13.2 Å². The lowest BCUT2D eigenvalue weighted by Gasteiger charge is -2.30. The van der Waals surface area contributed by atoms with E-state index in [1.54, 1.807) is 36.6 Å². The third kappa shape index (κ3) is 4.03. The van der Waals surface area contributed by atoms with Crippen molar-refractivity contribution in [2.24, 2.45) is 0 Å². The topological polar surface area (TPSA) is 58.6 Å². The van der Waals surface area contributed by atoms with Crippen molar-refractivity contribution in [3.8, 4) is 5.75 Å². The zero-order valence-corrected chi connectivity index (χ0v) is 18.1. The van der Waals surface area contributed by atoms with Crippen molar-refractivity contribution in [3.05, 3.63) is 76.0 Å². The zero-order chi connectivity index (χ0) is 20.4. The van der Waals surface area contributed by atoms with E-state index in [9.17, 15) is 8.42 Å². The number of thiophene rings is 1. The molecule has 1 aromatic heterocycles. The summed E-state index contributed by atoms with van der Waals surface area (Å²) in [5, 5.41) is 2.03. The number of aryl methyl sites for hydroxylation is 1. The van der Waals surface area contributed by atoms with Gasteiger partial charge in [0.25, 0.3) is 0 Å². The fourth-order valence-corrected chi connectivity index (χ4v) is 5.78. The Morgan fingerprint density at radius 2 is 2.00 bits per heavy atom. The maximum atomic E-state index is 13.0. The van der Waals surface area contributed by atoms with Crippen LogP contribution in [-0.4, -0.2) is 28.6 Å². The van der Waals surface area contributed by atoms with Crippen LogP contribution in [-0.2, 0) is 16.4 Å². The third-order valence-electron chi connectivity index (χ3n) is 5.31. The van der Waals surface area contributed by atoms with E-state index in [4.69, 9.17) is 4.74 Å². The molecule has 2 aromatic carbocycles. The van der Waals surface area contributed by atoms with Gasteiger partial charge in [-0.25, -0.2) is 13.1 Å². The molecule has 152 valence electrons. The van der Waals surface area contributed by atoms with Crippen LogP contribution in [0.4, 0.5) is 5.69 Å². The van der Waals surface area contributed by atoms with Crippen molar-refractivity contribution in [2.45, 2.75) is 24.3 Å². The van der Waals surface area contributed by atoms with Crippen LogP contribution in [0.2, 0.25) is 0 Å². The van der Waals surface area contributed by atoms with Crippen molar-refractivity contribution in [1.29, 1.82) is 0 Å². The lowest BCUT2D eigenvalue weighted by molar-refractivity contribution is 0.411. The van der Waals surface area contributed by atoms with Gasteiger partial charge in [-0.3, -0.25) is 0 Å². The van der Waals surface area contributed by atoms with Gasteiger partial charge in [0.05, 0.1) is 18.0 Å². The van der Waals surface area contributed by atoms with Crippen molar-refractivity contribution in [3.63, 3.8) is 0 Å². The van der Waals surface area contributed by atoms with E-state index >= 15 is 0 Å². The number of nitrogens with one attached hydrogen (secondary N) is 1. The molecule has 1 atom stereocenters. The Kier molecular flexibility index (Phi) is 5.63. The maximum absolute atomic E-state index is 13.0. The Hall–Kier alpha value is -2.35. The van der Waals surface area contributed by atoms with Crippen LogP contribution in [0.15, 0.2) is 64.9 Å². The Bertz CT molecular complexity index is 1100. The number of anilines is 1. The summed E-state index contributed by atoms with van der Waals surface area (Å²) in [5.74, 6) is 0.675. The van der Waals surface area contributed by atoms with E-state index in [2.05, 4.69) is 33.9 Å². The highest BCUT2D eigenvalue weighted by Gasteiger charge is 2.29.